The van der Waals surface area contributed by atoms with Crippen LogP contribution >= 0.6 is 0 Å². The van der Waals surface area contributed by atoms with Crippen LogP contribution in [0.5, 0.6) is 0 Å². The molecule has 1 fully saturated rings. The van der Waals surface area contributed by atoms with E-state index in [-0.39, 0.29) is 18.0 Å². The molecule has 0 spiro atoms. The number of ether oxygens (including phenoxy) is 1. The zero-order valence-corrected chi connectivity index (χ0v) is 18.0. The lowest BCUT2D eigenvalue weighted by atomic mass is 10.0. The maximum Gasteiger partial charge on any atom is 0.180 e. The predicted octanol–water partition coefficient (Wildman–Crippen LogP) is 3.65. The zero-order chi connectivity index (χ0) is 21.0. The molecule has 3 aromatic carbocycles. The van der Waals surface area contributed by atoms with Gasteiger partial charge in [0.05, 0.1) is 22.9 Å². The van der Waals surface area contributed by atoms with Crippen LogP contribution in [0, 0.1) is 0 Å². The van der Waals surface area contributed by atoms with Crippen molar-refractivity contribution in [3.05, 3.63) is 72.3 Å². The average molecular weight is 425 g/mol. The van der Waals surface area contributed by atoms with Crippen LogP contribution in [-0.2, 0) is 21.0 Å². The third-order valence-corrected chi connectivity index (χ3v) is 7.42. The van der Waals surface area contributed by atoms with Gasteiger partial charge in [-0.05, 0) is 47.4 Å². The summed E-state index contributed by atoms with van der Waals surface area (Å²) in [6, 6.07) is 21.3. The quantitative estimate of drug-likeness (QED) is 0.606. The van der Waals surface area contributed by atoms with Crippen LogP contribution in [0.1, 0.15) is 12.0 Å². The van der Waals surface area contributed by atoms with Crippen LogP contribution in [0.25, 0.3) is 10.8 Å². The first-order valence-electron chi connectivity index (χ1n) is 10.4. The Hall–Kier alpha value is -2.41. The van der Waals surface area contributed by atoms with Crippen LogP contribution in [0.3, 0.4) is 0 Å². The van der Waals surface area contributed by atoms with Crippen LogP contribution in [0.2, 0.25) is 0 Å². The molecular formula is C24H28N2O3S. The summed E-state index contributed by atoms with van der Waals surface area (Å²) in [6.45, 7) is 1.30. The third kappa shape index (κ3) is 4.83. The van der Waals surface area contributed by atoms with E-state index in [1.807, 2.05) is 49.5 Å². The molecule has 4 rings (SSSR count). The Morgan fingerprint density at radius 2 is 1.70 bits per heavy atom. The third-order valence-electron chi connectivity index (χ3n) is 5.64. The largest absolute Gasteiger partial charge is 0.388 e. The topological polar surface area (TPSA) is 67.4 Å². The lowest BCUT2D eigenvalue weighted by molar-refractivity contribution is -0.0287. The molecule has 158 valence electrons. The monoisotopic (exact) mass is 424 g/mol. The maximum absolute atomic E-state index is 13.0. The normalized spacial score (nSPS) is 19.6. The number of rotatable bonds is 7. The lowest BCUT2D eigenvalue weighted by Gasteiger charge is -2.31. The molecule has 0 aliphatic carbocycles. The molecule has 1 saturated heterocycles. The average Bonchev–Trinajstić information content (AvgIpc) is 2.77. The summed E-state index contributed by atoms with van der Waals surface area (Å²) < 4.78 is 32.2. The summed E-state index contributed by atoms with van der Waals surface area (Å²) in [5, 5.41) is 8.54. The van der Waals surface area contributed by atoms with Crippen LogP contribution in [-0.4, -0.2) is 46.5 Å². The van der Waals surface area contributed by atoms with Gasteiger partial charge in [0, 0.05) is 25.8 Å². The van der Waals surface area contributed by atoms with Gasteiger partial charge in [-0.2, -0.15) is 0 Å². The van der Waals surface area contributed by atoms with Gasteiger partial charge in [-0.15, -0.1) is 0 Å². The summed E-state index contributed by atoms with van der Waals surface area (Å²) in [7, 11) is -1.51. The Morgan fingerprint density at radius 1 is 0.967 bits per heavy atom. The Kier molecular flexibility index (Phi) is 6.37. The molecular weight excluding hydrogens is 396 g/mol. The number of sulfone groups is 1. The fraction of sp³-hybridized carbons (Fsp3) is 0.333. The number of fused-ring (bicyclic) bond motifs is 1. The number of para-hydroxylation sites is 1. The van der Waals surface area contributed by atoms with E-state index in [0.29, 0.717) is 11.4 Å². The SMILES string of the molecule is CNc1ccccc1CCC1CNC[C@@H](CS(=O)(=O)c2ccc3ccccc3c2)O1. The molecule has 2 N–H and O–H groups in total. The van der Waals surface area contributed by atoms with Gasteiger partial charge in [0.15, 0.2) is 9.84 Å². The second kappa shape index (κ2) is 9.16. The number of nitrogens with one attached hydrogen (secondary N) is 2. The van der Waals surface area contributed by atoms with Gasteiger partial charge < -0.3 is 15.4 Å². The van der Waals surface area contributed by atoms with Gasteiger partial charge in [0.1, 0.15) is 0 Å². The molecule has 3 aromatic rings. The van der Waals surface area contributed by atoms with E-state index in [4.69, 9.17) is 4.74 Å². The van der Waals surface area contributed by atoms with Gasteiger partial charge in [-0.1, -0.05) is 48.5 Å². The van der Waals surface area contributed by atoms with Crippen molar-refractivity contribution in [2.45, 2.75) is 29.9 Å². The predicted molar refractivity (Wildman–Crippen MR) is 122 cm³/mol. The van der Waals surface area contributed by atoms with Gasteiger partial charge in [0.2, 0.25) is 0 Å². The summed E-state index contributed by atoms with van der Waals surface area (Å²) in [5.74, 6) is -0.0120. The molecule has 1 aliphatic rings. The standard InChI is InChI=1S/C24H28N2O3S/c1-25-24-9-5-4-7-19(24)10-12-21-15-26-16-22(29-21)17-30(27,28)23-13-11-18-6-2-3-8-20(18)14-23/h2-9,11,13-14,21-22,25-26H,10,12,15-17H2,1H3/t21?,22-/m0/s1. The van der Waals surface area contributed by atoms with Crippen molar-refractivity contribution in [2.24, 2.45) is 0 Å². The van der Waals surface area contributed by atoms with Crippen molar-refractivity contribution in [1.29, 1.82) is 0 Å². The number of hydrogen-bond donors (Lipinski definition) is 2. The molecule has 6 heteroatoms. The Labute approximate surface area is 178 Å². The molecule has 1 aliphatic heterocycles. The Morgan fingerprint density at radius 3 is 2.53 bits per heavy atom. The Bertz CT molecular complexity index is 1110. The number of anilines is 1. The molecule has 2 atom stereocenters. The highest BCUT2D eigenvalue weighted by molar-refractivity contribution is 7.91. The summed E-state index contributed by atoms with van der Waals surface area (Å²) in [6.07, 6.45) is 1.38. The van der Waals surface area contributed by atoms with Crippen molar-refractivity contribution >= 4 is 26.3 Å². The number of hydrogen-bond acceptors (Lipinski definition) is 5. The fourth-order valence-corrected chi connectivity index (χ4v) is 5.50. The van der Waals surface area contributed by atoms with Crippen LogP contribution < -0.4 is 10.6 Å². The molecule has 0 saturated carbocycles. The van der Waals surface area contributed by atoms with Gasteiger partial charge in [-0.3, -0.25) is 0 Å². The summed E-state index contributed by atoms with van der Waals surface area (Å²) in [4.78, 5) is 0.356. The molecule has 1 unspecified atom stereocenters. The van der Waals surface area contributed by atoms with Gasteiger partial charge in [-0.25, -0.2) is 8.42 Å². The first-order valence-corrected chi connectivity index (χ1v) is 12.0. The van der Waals surface area contributed by atoms with Crippen molar-refractivity contribution in [3.63, 3.8) is 0 Å². The molecule has 30 heavy (non-hydrogen) atoms. The fourth-order valence-electron chi connectivity index (χ4n) is 4.04. The highest BCUT2D eigenvalue weighted by Crippen LogP contribution is 2.23. The summed E-state index contributed by atoms with van der Waals surface area (Å²) >= 11 is 0. The highest BCUT2D eigenvalue weighted by Gasteiger charge is 2.28. The first kappa shape index (κ1) is 20.8. The minimum absolute atomic E-state index is 0.000431. The number of benzene rings is 3. The van der Waals surface area contributed by atoms with Crippen molar-refractivity contribution in [1.82, 2.24) is 5.32 Å². The smallest absolute Gasteiger partial charge is 0.180 e. The van der Waals surface area contributed by atoms with Crippen molar-refractivity contribution in [2.75, 3.05) is 31.2 Å². The van der Waals surface area contributed by atoms with Crippen LogP contribution in [0.15, 0.2) is 71.6 Å². The minimum Gasteiger partial charge on any atom is -0.388 e. The van der Waals surface area contributed by atoms with E-state index in [1.54, 1.807) is 12.1 Å². The van der Waals surface area contributed by atoms with Crippen LogP contribution in [0.4, 0.5) is 5.69 Å². The zero-order valence-electron chi connectivity index (χ0n) is 17.2. The highest BCUT2D eigenvalue weighted by atomic mass is 32.2. The molecule has 1 heterocycles. The molecule has 0 aromatic heterocycles. The van der Waals surface area contributed by atoms with Crippen molar-refractivity contribution in [3.8, 4) is 0 Å². The number of morpholine rings is 1. The van der Waals surface area contributed by atoms with E-state index in [0.717, 1.165) is 35.8 Å². The molecule has 0 bridgehead atoms. The van der Waals surface area contributed by atoms with E-state index in [1.165, 1.54) is 5.56 Å². The van der Waals surface area contributed by atoms with E-state index < -0.39 is 9.84 Å². The maximum atomic E-state index is 13.0. The minimum atomic E-state index is -3.43. The van der Waals surface area contributed by atoms with Gasteiger partial charge in [0.25, 0.3) is 0 Å². The summed E-state index contributed by atoms with van der Waals surface area (Å²) in [5.41, 5.74) is 2.37. The van der Waals surface area contributed by atoms with Crippen molar-refractivity contribution < 1.29 is 13.2 Å². The molecule has 0 amide bonds. The first-order chi connectivity index (χ1) is 14.5. The molecule has 5 nitrogen and oxygen atoms in total. The second-order valence-corrected chi connectivity index (χ2v) is 9.81. The second-order valence-electron chi connectivity index (χ2n) is 7.77. The molecule has 0 radical (unpaired) electrons. The number of aryl methyl sites for hydroxylation is 1. The van der Waals surface area contributed by atoms with E-state index in [2.05, 4.69) is 22.8 Å². The lowest BCUT2D eigenvalue weighted by Crippen LogP contribution is -2.47. The van der Waals surface area contributed by atoms with Gasteiger partial charge >= 0.3 is 0 Å². The Balaban J connectivity index is 1.40. The van der Waals surface area contributed by atoms with E-state index in [9.17, 15) is 8.42 Å². The van der Waals surface area contributed by atoms with E-state index >= 15 is 0 Å².